The van der Waals surface area contributed by atoms with Gasteiger partial charge in [-0.3, -0.25) is 14.3 Å². The number of carbonyl (C=O) groups excluding carboxylic acids is 2. The van der Waals surface area contributed by atoms with Crippen molar-refractivity contribution in [2.45, 2.75) is 5.92 Å². The summed E-state index contributed by atoms with van der Waals surface area (Å²) in [6.07, 6.45) is 3.61. The van der Waals surface area contributed by atoms with Gasteiger partial charge in [0.15, 0.2) is 0 Å². The molecular weight excluding hydrogens is 318 g/mol. The molecule has 7 nitrogen and oxygen atoms in total. The highest BCUT2D eigenvalue weighted by Gasteiger charge is 2.40. The fraction of sp³-hybridized carbons (Fsp3) is 0.278. The van der Waals surface area contributed by atoms with Crippen LogP contribution in [0.1, 0.15) is 22.0 Å². The van der Waals surface area contributed by atoms with E-state index in [-0.39, 0.29) is 17.7 Å². The molecule has 1 fully saturated rings. The van der Waals surface area contributed by atoms with Crippen molar-refractivity contribution in [1.29, 1.82) is 0 Å². The molecule has 128 valence electrons. The number of nitrogens with two attached hydrogens (primary N) is 1. The Kier molecular flexibility index (Phi) is 3.56. The van der Waals surface area contributed by atoms with Crippen LogP contribution in [-0.2, 0) is 11.8 Å². The number of rotatable bonds is 3. The first-order chi connectivity index (χ1) is 12.0. The van der Waals surface area contributed by atoms with E-state index in [1.165, 1.54) is 0 Å². The predicted octanol–water partition coefficient (Wildman–Crippen LogP) is 1.24. The van der Waals surface area contributed by atoms with E-state index in [1.54, 1.807) is 15.8 Å². The zero-order chi connectivity index (χ0) is 17.6. The Labute approximate surface area is 144 Å². The summed E-state index contributed by atoms with van der Waals surface area (Å²) < 4.78 is 1.69. The normalized spacial score (nSPS) is 20.3. The molecule has 2 amide bonds. The van der Waals surface area contributed by atoms with Crippen molar-refractivity contribution in [1.82, 2.24) is 19.7 Å². The highest BCUT2D eigenvalue weighted by atomic mass is 16.2. The maximum absolute atomic E-state index is 12.9. The van der Waals surface area contributed by atoms with Crippen LogP contribution in [0, 0.1) is 5.92 Å². The van der Waals surface area contributed by atoms with Crippen LogP contribution < -0.4 is 5.73 Å². The standard InChI is InChI=1S/C18H19N5O2/c1-22-8-12(7-20-22)13-9-23(10-14(13)17(19)24)18(25)16-6-11-4-2-3-5-15(11)21-16/h2-8,13-14,21H,9-10H2,1H3,(H2,19,24)/t13-,14+/m1/s1. The maximum atomic E-state index is 12.9. The van der Waals surface area contributed by atoms with Crippen LogP contribution in [0.15, 0.2) is 42.7 Å². The van der Waals surface area contributed by atoms with E-state index in [4.69, 9.17) is 5.73 Å². The lowest BCUT2D eigenvalue weighted by Gasteiger charge is -2.15. The molecule has 2 atom stereocenters. The number of hydrogen-bond donors (Lipinski definition) is 2. The van der Waals surface area contributed by atoms with Crippen molar-refractivity contribution < 1.29 is 9.59 Å². The minimum Gasteiger partial charge on any atom is -0.369 e. The third-order valence-corrected chi connectivity index (χ3v) is 4.89. The summed E-state index contributed by atoms with van der Waals surface area (Å²) >= 11 is 0. The van der Waals surface area contributed by atoms with Gasteiger partial charge in [0.2, 0.25) is 5.91 Å². The highest BCUT2D eigenvalue weighted by molar-refractivity contribution is 5.98. The lowest BCUT2D eigenvalue weighted by molar-refractivity contribution is -0.121. The molecule has 25 heavy (non-hydrogen) atoms. The fourth-order valence-corrected chi connectivity index (χ4v) is 3.59. The monoisotopic (exact) mass is 337 g/mol. The quantitative estimate of drug-likeness (QED) is 0.752. The smallest absolute Gasteiger partial charge is 0.270 e. The second-order valence-electron chi connectivity index (χ2n) is 6.54. The van der Waals surface area contributed by atoms with E-state index in [0.717, 1.165) is 16.5 Å². The van der Waals surface area contributed by atoms with Crippen LogP contribution in [0.2, 0.25) is 0 Å². The van der Waals surface area contributed by atoms with Gasteiger partial charge in [-0.05, 0) is 17.7 Å². The van der Waals surface area contributed by atoms with Gasteiger partial charge in [-0.15, -0.1) is 0 Å². The lowest BCUT2D eigenvalue weighted by atomic mass is 9.90. The Hall–Kier alpha value is -3.09. The first-order valence-corrected chi connectivity index (χ1v) is 8.18. The number of nitrogens with one attached hydrogen (secondary N) is 1. The summed E-state index contributed by atoms with van der Waals surface area (Å²) in [5.41, 5.74) is 7.95. The molecule has 1 aromatic carbocycles. The van der Waals surface area contributed by atoms with Gasteiger partial charge in [-0.2, -0.15) is 5.10 Å². The number of para-hydroxylation sites is 1. The number of aromatic nitrogens is 3. The van der Waals surface area contributed by atoms with Crippen LogP contribution in [0.25, 0.3) is 10.9 Å². The number of fused-ring (bicyclic) bond motifs is 1. The van der Waals surface area contributed by atoms with Crippen molar-refractivity contribution in [2.75, 3.05) is 13.1 Å². The molecule has 0 saturated carbocycles. The number of aryl methyl sites for hydroxylation is 1. The molecule has 3 aromatic rings. The number of hydrogen-bond acceptors (Lipinski definition) is 3. The molecule has 0 bridgehead atoms. The zero-order valence-electron chi connectivity index (χ0n) is 13.8. The number of amides is 2. The minimum absolute atomic E-state index is 0.117. The summed E-state index contributed by atoms with van der Waals surface area (Å²) in [7, 11) is 1.82. The Morgan fingerprint density at radius 2 is 2.08 bits per heavy atom. The summed E-state index contributed by atoms with van der Waals surface area (Å²) in [6.45, 7) is 0.774. The lowest BCUT2D eigenvalue weighted by Crippen LogP contribution is -2.32. The van der Waals surface area contributed by atoms with Gasteiger partial charge in [0, 0.05) is 43.2 Å². The van der Waals surface area contributed by atoms with E-state index in [0.29, 0.717) is 18.8 Å². The maximum Gasteiger partial charge on any atom is 0.270 e. The molecule has 1 aliphatic heterocycles. The summed E-state index contributed by atoms with van der Waals surface area (Å²) in [5.74, 6) is -1.04. The van der Waals surface area contributed by atoms with Crippen molar-refractivity contribution >= 4 is 22.7 Å². The number of nitrogens with zero attached hydrogens (tertiary/aromatic N) is 3. The average molecular weight is 337 g/mol. The Morgan fingerprint density at radius 1 is 1.28 bits per heavy atom. The van der Waals surface area contributed by atoms with Crippen LogP contribution in [0.4, 0.5) is 0 Å². The number of likely N-dealkylation sites (tertiary alicyclic amines) is 1. The molecule has 2 aromatic heterocycles. The zero-order valence-corrected chi connectivity index (χ0v) is 13.8. The SMILES string of the molecule is Cn1cc([C@H]2CN(C(=O)c3cc4ccccc4[nH]3)C[C@@H]2C(N)=O)cn1. The van der Waals surface area contributed by atoms with Gasteiger partial charge in [0.05, 0.1) is 12.1 Å². The van der Waals surface area contributed by atoms with Crippen molar-refractivity contribution in [3.05, 3.63) is 54.0 Å². The topological polar surface area (TPSA) is 97.0 Å². The molecule has 1 saturated heterocycles. The van der Waals surface area contributed by atoms with Gasteiger partial charge in [0.25, 0.3) is 5.91 Å². The van der Waals surface area contributed by atoms with Gasteiger partial charge in [-0.25, -0.2) is 0 Å². The molecule has 0 unspecified atom stereocenters. The van der Waals surface area contributed by atoms with Crippen LogP contribution in [0.3, 0.4) is 0 Å². The second-order valence-corrected chi connectivity index (χ2v) is 6.54. The van der Waals surface area contributed by atoms with E-state index in [2.05, 4.69) is 10.1 Å². The third-order valence-electron chi connectivity index (χ3n) is 4.89. The van der Waals surface area contributed by atoms with Crippen LogP contribution in [-0.4, -0.2) is 44.6 Å². The molecule has 4 rings (SSSR count). The van der Waals surface area contributed by atoms with Crippen molar-refractivity contribution in [2.24, 2.45) is 18.7 Å². The first kappa shape index (κ1) is 15.4. The minimum atomic E-state index is -0.405. The predicted molar refractivity (Wildman–Crippen MR) is 92.8 cm³/mol. The fourth-order valence-electron chi connectivity index (χ4n) is 3.59. The Balaban J connectivity index is 1.62. The summed E-state index contributed by atoms with van der Waals surface area (Å²) in [6, 6.07) is 9.58. The molecule has 3 heterocycles. The largest absolute Gasteiger partial charge is 0.369 e. The molecule has 0 aliphatic carbocycles. The summed E-state index contributed by atoms with van der Waals surface area (Å²) in [4.78, 5) is 29.6. The van der Waals surface area contributed by atoms with Gasteiger partial charge < -0.3 is 15.6 Å². The Bertz CT molecular complexity index is 924. The highest BCUT2D eigenvalue weighted by Crippen LogP contribution is 2.33. The van der Waals surface area contributed by atoms with E-state index in [1.807, 2.05) is 43.6 Å². The number of carbonyl (C=O) groups is 2. The molecule has 0 radical (unpaired) electrons. The number of H-pyrrole nitrogens is 1. The van der Waals surface area contributed by atoms with Gasteiger partial charge in [0.1, 0.15) is 5.69 Å². The number of primary amides is 1. The van der Waals surface area contributed by atoms with Crippen LogP contribution in [0.5, 0.6) is 0 Å². The van der Waals surface area contributed by atoms with Crippen LogP contribution >= 0.6 is 0 Å². The summed E-state index contributed by atoms with van der Waals surface area (Å²) in [5, 5.41) is 5.15. The average Bonchev–Trinajstić information content (AvgIpc) is 3.30. The van der Waals surface area contributed by atoms with Crippen molar-refractivity contribution in [3.63, 3.8) is 0 Å². The van der Waals surface area contributed by atoms with Gasteiger partial charge >= 0.3 is 0 Å². The Morgan fingerprint density at radius 3 is 2.76 bits per heavy atom. The molecular formula is C18H19N5O2. The molecule has 7 heteroatoms. The van der Waals surface area contributed by atoms with E-state index >= 15 is 0 Å². The number of aromatic amines is 1. The third kappa shape index (κ3) is 2.67. The molecule has 3 N–H and O–H groups in total. The van der Waals surface area contributed by atoms with Crippen molar-refractivity contribution in [3.8, 4) is 0 Å². The van der Waals surface area contributed by atoms with E-state index < -0.39 is 5.92 Å². The van der Waals surface area contributed by atoms with Gasteiger partial charge in [-0.1, -0.05) is 18.2 Å². The van der Waals surface area contributed by atoms with E-state index in [9.17, 15) is 9.59 Å². The molecule has 0 spiro atoms. The second kappa shape index (κ2) is 5.77. The number of benzene rings is 1. The first-order valence-electron chi connectivity index (χ1n) is 8.18. The molecule has 1 aliphatic rings.